The van der Waals surface area contributed by atoms with Crippen molar-refractivity contribution in [3.63, 3.8) is 0 Å². The number of nitro groups is 1. The molecule has 0 bridgehead atoms. The van der Waals surface area contributed by atoms with E-state index in [9.17, 15) is 26.9 Å². The molecule has 0 aromatic heterocycles. The van der Waals surface area contributed by atoms with Crippen LogP contribution in [0.15, 0.2) is 18.2 Å². The SMILES string of the molecule is CCCS(=O)(=O)N(c1ccc(Cl)c([N+](=O)[O-])c1)S(=O)(=O)CCC. The minimum atomic E-state index is -4.18. The van der Waals surface area contributed by atoms with Gasteiger partial charge in [0, 0.05) is 6.07 Å². The maximum Gasteiger partial charge on any atom is 0.290 e. The Labute approximate surface area is 140 Å². The van der Waals surface area contributed by atoms with E-state index >= 15 is 0 Å². The molecule has 0 heterocycles. The molecule has 1 aromatic rings. The summed E-state index contributed by atoms with van der Waals surface area (Å²) in [5.74, 6) is -0.793. The van der Waals surface area contributed by atoms with Gasteiger partial charge in [0.1, 0.15) is 5.02 Å². The normalized spacial score (nSPS) is 12.1. The van der Waals surface area contributed by atoms with Crippen LogP contribution in [0.25, 0.3) is 0 Å². The van der Waals surface area contributed by atoms with Crippen LogP contribution in [0, 0.1) is 10.1 Å². The first-order chi connectivity index (χ1) is 10.6. The maximum absolute atomic E-state index is 12.4. The minimum absolute atomic E-state index is 0.205. The van der Waals surface area contributed by atoms with Gasteiger partial charge in [-0.3, -0.25) is 10.1 Å². The molecule has 0 saturated carbocycles. The first-order valence-electron chi connectivity index (χ1n) is 6.76. The highest BCUT2D eigenvalue weighted by molar-refractivity contribution is 8.10. The molecule has 0 radical (unpaired) electrons. The second-order valence-electron chi connectivity index (χ2n) is 4.72. The van der Waals surface area contributed by atoms with E-state index in [1.54, 1.807) is 13.8 Å². The van der Waals surface area contributed by atoms with Gasteiger partial charge in [-0.2, -0.15) is 3.71 Å². The molecular weight excluding hydrogens is 368 g/mol. The lowest BCUT2D eigenvalue weighted by atomic mass is 10.3. The van der Waals surface area contributed by atoms with Gasteiger partial charge in [-0.15, -0.1) is 0 Å². The smallest absolute Gasteiger partial charge is 0.258 e. The molecule has 0 aliphatic heterocycles. The summed E-state index contributed by atoms with van der Waals surface area (Å²) in [7, 11) is -8.36. The van der Waals surface area contributed by atoms with Gasteiger partial charge in [0.05, 0.1) is 22.1 Å². The minimum Gasteiger partial charge on any atom is -0.258 e. The lowest BCUT2D eigenvalue weighted by Gasteiger charge is -2.23. The Kier molecular flexibility index (Phi) is 6.37. The quantitative estimate of drug-likeness (QED) is 0.502. The summed E-state index contributed by atoms with van der Waals surface area (Å²) >= 11 is 5.69. The van der Waals surface area contributed by atoms with Crippen LogP contribution >= 0.6 is 11.6 Å². The third-order valence-electron chi connectivity index (χ3n) is 2.77. The van der Waals surface area contributed by atoms with Gasteiger partial charge < -0.3 is 0 Å². The monoisotopic (exact) mass is 384 g/mol. The van der Waals surface area contributed by atoms with E-state index < -0.39 is 42.2 Å². The number of nitro benzene ring substituents is 1. The number of rotatable bonds is 8. The van der Waals surface area contributed by atoms with Crippen molar-refractivity contribution in [1.82, 2.24) is 0 Å². The molecule has 130 valence electrons. The largest absolute Gasteiger partial charge is 0.290 e. The average molecular weight is 385 g/mol. The highest BCUT2D eigenvalue weighted by Crippen LogP contribution is 2.32. The summed E-state index contributed by atoms with van der Waals surface area (Å²) in [6.45, 7) is 3.18. The fourth-order valence-corrected chi connectivity index (χ4v) is 6.18. The summed E-state index contributed by atoms with van der Waals surface area (Å²) < 4.78 is 49.7. The van der Waals surface area contributed by atoms with Crippen molar-refractivity contribution < 1.29 is 21.8 Å². The highest BCUT2D eigenvalue weighted by Gasteiger charge is 2.34. The molecule has 11 heteroatoms. The Balaban J connectivity index is 3.60. The van der Waals surface area contributed by atoms with Crippen molar-refractivity contribution in [2.75, 3.05) is 15.2 Å². The number of sulfonamides is 2. The molecule has 0 aliphatic carbocycles. The van der Waals surface area contributed by atoms with Crippen molar-refractivity contribution in [2.24, 2.45) is 0 Å². The van der Waals surface area contributed by atoms with Gasteiger partial charge in [-0.05, 0) is 25.0 Å². The van der Waals surface area contributed by atoms with Crippen molar-refractivity contribution in [1.29, 1.82) is 0 Å². The molecular formula is C12H17ClN2O6S2. The Hall–Kier alpha value is -1.39. The summed E-state index contributed by atoms with van der Waals surface area (Å²) in [6, 6.07) is 3.09. The fourth-order valence-electron chi connectivity index (χ4n) is 1.93. The van der Waals surface area contributed by atoms with Crippen LogP contribution in [0.3, 0.4) is 0 Å². The third kappa shape index (κ3) is 4.55. The fraction of sp³-hybridized carbons (Fsp3) is 0.500. The van der Waals surface area contributed by atoms with E-state index in [2.05, 4.69) is 0 Å². The Morgan fingerprint density at radius 1 is 1.09 bits per heavy atom. The molecule has 0 unspecified atom stereocenters. The van der Waals surface area contributed by atoms with E-state index in [1.165, 1.54) is 0 Å². The Bertz CT molecular complexity index is 756. The molecule has 23 heavy (non-hydrogen) atoms. The molecule has 0 spiro atoms. The second kappa shape index (κ2) is 7.45. The topological polar surface area (TPSA) is 115 Å². The summed E-state index contributed by atoms with van der Waals surface area (Å²) in [6.07, 6.45) is 0.409. The maximum atomic E-state index is 12.4. The molecule has 1 aromatic carbocycles. The number of benzene rings is 1. The van der Waals surface area contributed by atoms with E-state index in [-0.39, 0.29) is 27.3 Å². The van der Waals surface area contributed by atoms with Crippen molar-refractivity contribution in [2.45, 2.75) is 26.7 Å². The van der Waals surface area contributed by atoms with Gasteiger partial charge in [0.2, 0.25) is 20.0 Å². The number of anilines is 1. The van der Waals surface area contributed by atoms with Gasteiger partial charge in [-0.25, -0.2) is 16.8 Å². The molecule has 1 rings (SSSR count). The molecule has 0 fully saturated rings. The van der Waals surface area contributed by atoms with Crippen LogP contribution in [-0.4, -0.2) is 33.3 Å². The molecule has 8 nitrogen and oxygen atoms in total. The lowest BCUT2D eigenvalue weighted by molar-refractivity contribution is -0.384. The van der Waals surface area contributed by atoms with Gasteiger partial charge in [-0.1, -0.05) is 25.4 Å². The Morgan fingerprint density at radius 2 is 1.57 bits per heavy atom. The first kappa shape index (κ1) is 19.7. The van der Waals surface area contributed by atoms with Gasteiger partial charge in [0.15, 0.2) is 0 Å². The number of halogens is 1. The Morgan fingerprint density at radius 3 is 1.96 bits per heavy atom. The predicted molar refractivity (Wildman–Crippen MR) is 88.7 cm³/mol. The second-order valence-corrected chi connectivity index (χ2v) is 9.23. The highest BCUT2D eigenvalue weighted by atomic mass is 35.5. The average Bonchev–Trinajstić information content (AvgIpc) is 2.39. The van der Waals surface area contributed by atoms with Crippen molar-refractivity contribution in [3.8, 4) is 0 Å². The van der Waals surface area contributed by atoms with Gasteiger partial charge in [0.25, 0.3) is 5.69 Å². The summed E-state index contributed by atoms with van der Waals surface area (Å²) in [5, 5.41) is 10.7. The number of hydrogen-bond acceptors (Lipinski definition) is 6. The number of nitrogens with zero attached hydrogens (tertiary/aromatic N) is 2. The van der Waals surface area contributed by atoms with E-state index in [0.29, 0.717) is 0 Å². The molecule has 0 saturated heterocycles. The third-order valence-corrected chi connectivity index (χ3v) is 7.73. The van der Waals surface area contributed by atoms with Crippen molar-refractivity contribution >= 4 is 43.0 Å². The van der Waals surface area contributed by atoms with E-state index in [1.807, 2.05) is 0 Å². The zero-order valence-electron chi connectivity index (χ0n) is 12.6. The molecule has 0 N–H and O–H groups in total. The van der Waals surface area contributed by atoms with Crippen LogP contribution in [0.1, 0.15) is 26.7 Å². The molecule has 0 amide bonds. The van der Waals surface area contributed by atoms with Crippen molar-refractivity contribution in [3.05, 3.63) is 33.3 Å². The predicted octanol–water partition coefficient (Wildman–Crippen LogP) is 2.53. The van der Waals surface area contributed by atoms with Gasteiger partial charge >= 0.3 is 0 Å². The first-order valence-corrected chi connectivity index (χ1v) is 10.4. The van der Waals surface area contributed by atoms with Crippen LogP contribution < -0.4 is 3.71 Å². The van der Waals surface area contributed by atoms with E-state index in [0.717, 1.165) is 18.2 Å². The van der Waals surface area contributed by atoms with E-state index in [4.69, 9.17) is 11.6 Å². The lowest BCUT2D eigenvalue weighted by Crippen LogP contribution is -2.39. The number of hydrogen-bond donors (Lipinski definition) is 0. The zero-order chi connectivity index (χ0) is 17.8. The van der Waals surface area contributed by atoms with Crippen LogP contribution in [-0.2, 0) is 20.0 Å². The van der Waals surface area contributed by atoms with Crippen LogP contribution in [0.4, 0.5) is 11.4 Å². The standard InChI is InChI=1S/C12H17ClN2O6S2/c1-3-7-22(18,19)15(23(20,21)8-4-2)10-5-6-11(13)12(9-10)14(16)17/h5-6,9H,3-4,7-8H2,1-2H3. The summed E-state index contributed by atoms with van der Waals surface area (Å²) in [5.41, 5.74) is -0.879. The zero-order valence-corrected chi connectivity index (χ0v) is 15.0. The molecule has 0 aliphatic rings. The van der Waals surface area contributed by atoms with Crippen LogP contribution in [0.5, 0.6) is 0 Å². The van der Waals surface area contributed by atoms with Crippen LogP contribution in [0.2, 0.25) is 5.02 Å². The molecule has 0 atom stereocenters. The summed E-state index contributed by atoms with van der Waals surface area (Å²) in [4.78, 5) is 10.1.